The van der Waals surface area contributed by atoms with E-state index in [2.05, 4.69) is 30.9 Å². The summed E-state index contributed by atoms with van der Waals surface area (Å²) in [4.78, 5) is 3.07. The van der Waals surface area contributed by atoms with Crippen LogP contribution >= 0.6 is 12.2 Å². The van der Waals surface area contributed by atoms with Crippen LogP contribution in [0.4, 0.5) is 0 Å². The summed E-state index contributed by atoms with van der Waals surface area (Å²) in [5.74, 6) is 0. The van der Waals surface area contributed by atoms with Crippen molar-refractivity contribution in [3.05, 3.63) is 35.4 Å². The largest absolute Gasteiger partial charge is 0.389 e. The molecule has 0 amide bonds. The third-order valence-electron chi connectivity index (χ3n) is 4.01. The van der Waals surface area contributed by atoms with E-state index in [0.717, 1.165) is 12.1 Å². The van der Waals surface area contributed by atoms with Crippen molar-refractivity contribution in [3.63, 3.8) is 0 Å². The van der Waals surface area contributed by atoms with Gasteiger partial charge in [0.25, 0.3) is 0 Å². The van der Waals surface area contributed by atoms with E-state index < -0.39 is 0 Å². The van der Waals surface area contributed by atoms with E-state index in [4.69, 9.17) is 18.0 Å². The number of benzene rings is 1. The van der Waals surface area contributed by atoms with Gasteiger partial charge in [-0.2, -0.15) is 0 Å². The highest BCUT2D eigenvalue weighted by Gasteiger charge is 2.25. The Hall–Kier alpha value is -0.930. The molecule has 1 aliphatic rings. The molecule has 2 nitrogen and oxygen atoms in total. The lowest BCUT2D eigenvalue weighted by molar-refractivity contribution is 0.0952. The van der Waals surface area contributed by atoms with Crippen molar-refractivity contribution < 1.29 is 0 Å². The summed E-state index contributed by atoms with van der Waals surface area (Å²) in [6.45, 7) is 5.59. The molecule has 1 heterocycles. The van der Waals surface area contributed by atoms with E-state index in [1.165, 1.54) is 24.8 Å². The molecule has 0 saturated carbocycles. The van der Waals surface area contributed by atoms with E-state index in [1.54, 1.807) is 0 Å². The summed E-state index contributed by atoms with van der Waals surface area (Å²) >= 11 is 5.14. The number of rotatable bonds is 3. The molecule has 1 fully saturated rings. The van der Waals surface area contributed by atoms with E-state index in [1.807, 2.05) is 12.1 Å². The molecule has 2 N–H and O–H groups in total. The maximum absolute atomic E-state index is 5.80. The van der Waals surface area contributed by atoms with Crippen molar-refractivity contribution in [1.29, 1.82) is 0 Å². The lowest BCUT2D eigenvalue weighted by Crippen LogP contribution is -2.43. The summed E-state index contributed by atoms with van der Waals surface area (Å²) in [5, 5.41) is 0. The van der Waals surface area contributed by atoms with Gasteiger partial charge in [-0.25, -0.2) is 0 Å². The Morgan fingerprint density at radius 1 is 1.28 bits per heavy atom. The smallest absolute Gasteiger partial charge is 0.104 e. The van der Waals surface area contributed by atoms with E-state index in [9.17, 15) is 0 Å². The minimum atomic E-state index is 0.503. The Bertz CT molecular complexity index is 420. The van der Waals surface area contributed by atoms with Gasteiger partial charge in [-0.1, -0.05) is 42.9 Å². The zero-order valence-electron chi connectivity index (χ0n) is 11.2. The number of piperidine rings is 1. The van der Waals surface area contributed by atoms with Crippen LogP contribution in [0.3, 0.4) is 0 Å². The van der Waals surface area contributed by atoms with Gasteiger partial charge >= 0.3 is 0 Å². The fourth-order valence-electron chi connectivity index (χ4n) is 2.88. The summed E-state index contributed by atoms with van der Waals surface area (Å²) in [5.41, 5.74) is 8.08. The molecular formula is C15H22N2S. The first-order chi connectivity index (χ1) is 8.59. The standard InChI is InChI=1S/C15H22N2S/c1-11-6-5-7-12(2)17(11)10-13-8-3-4-9-14(13)15(16)18/h3-4,8-9,11-12H,5-7,10H2,1-2H3,(H2,16,18). The molecule has 3 heteroatoms. The molecule has 2 atom stereocenters. The van der Waals surface area contributed by atoms with Crippen molar-refractivity contribution in [1.82, 2.24) is 4.90 Å². The molecule has 98 valence electrons. The third kappa shape index (κ3) is 2.90. The zero-order chi connectivity index (χ0) is 13.1. The summed E-state index contributed by atoms with van der Waals surface area (Å²) < 4.78 is 0. The van der Waals surface area contributed by atoms with Gasteiger partial charge in [0.1, 0.15) is 4.99 Å². The molecular weight excluding hydrogens is 240 g/mol. The number of hydrogen-bond donors (Lipinski definition) is 1. The van der Waals surface area contributed by atoms with E-state index in [-0.39, 0.29) is 0 Å². The highest BCUT2D eigenvalue weighted by Crippen LogP contribution is 2.25. The van der Waals surface area contributed by atoms with Gasteiger partial charge in [0.2, 0.25) is 0 Å². The van der Waals surface area contributed by atoms with Crippen LogP contribution in [0.15, 0.2) is 24.3 Å². The number of thiocarbonyl (C=S) groups is 1. The molecule has 2 unspecified atom stereocenters. The first-order valence-corrected chi connectivity index (χ1v) is 7.14. The summed E-state index contributed by atoms with van der Waals surface area (Å²) in [7, 11) is 0. The molecule has 1 saturated heterocycles. The normalized spacial score (nSPS) is 25.0. The maximum atomic E-state index is 5.80. The number of nitrogens with zero attached hydrogens (tertiary/aromatic N) is 1. The van der Waals surface area contributed by atoms with Gasteiger partial charge in [-0.15, -0.1) is 0 Å². The second-order valence-electron chi connectivity index (χ2n) is 5.32. The van der Waals surface area contributed by atoms with Crippen molar-refractivity contribution in [3.8, 4) is 0 Å². The maximum Gasteiger partial charge on any atom is 0.104 e. The first-order valence-electron chi connectivity index (χ1n) is 6.73. The molecule has 1 aromatic carbocycles. The predicted molar refractivity (Wildman–Crippen MR) is 80.6 cm³/mol. The van der Waals surface area contributed by atoms with Crippen LogP contribution in [-0.4, -0.2) is 22.0 Å². The van der Waals surface area contributed by atoms with Crippen LogP contribution in [-0.2, 0) is 6.54 Å². The lowest BCUT2D eigenvalue weighted by atomic mass is 9.96. The highest BCUT2D eigenvalue weighted by molar-refractivity contribution is 7.80. The van der Waals surface area contributed by atoms with Crippen LogP contribution < -0.4 is 5.73 Å². The Balaban J connectivity index is 2.20. The van der Waals surface area contributed by atoms with Gasteiger partial charge in [-0.05, 0) is 32.3 Å². The SMILES string of the molecule is CC1CCCC(C)N1Cc1ccccc1C(N)=S. The minimum Gasteiger partial charge on any atom is -0.389 e. The number of nitrogens with two attached hydrogens (primary N) is 1. The van der Waals surface area contributed by atoms with Gasteiger partial charge in [0.15, 0.2) is 0 Å². The molecule has 0 aliphatic carbocycles. The monoisotopic (exact) mass is 262 g/mol. The molecule has 0 aromatic heterocycles. The van der Waals surface area contributed by atoms with E-state index in [0.29, 0.717) is 17.1 Å². The lowest BCUT2D eigenvalue weighted by Gasteiger charge is -2.39. The first kappa shape index (κ1) is 13.5. The molecule has 1 aromatic rings. The Morgan fingerprint density at radius 3 is 2.50 bits per heavy atom. The zero-order valence-corrected chi connectivity index (χ0v) is 12.0. The van der Waals surface area contributed by atoms with Gasteiger partial charge < -0.3 is 5.73 Å². The molecule has 0 bridgehead atoms. The van der Waals surface area contributed by atoms with Gasteiger partial charge in [0.05, 0.1) is 0 Å². The molecule has 0 radical (unpaired) electrons. The Kier molecular flexibility index (Phi) is 4.36. The van der Waals surface area contributed by atoms with Gasteiger partial charge in [-0.3, -0.25) is 4.90 Å². The van der Waals surface area contributed by atoms with Crippen molar-refractivity contribution in [2.75, 3.05) is 0 Å². The average molecular weight is 262 g/mol. The predicted octanol–water partition coefficient (Wildman–Crippen LogP) is 3.08. The highest BCUT2D eigenvalue weighted by atomic mass is 32.1. The molecule has 1 aliphatic heterocycles. The van der Waals surface area contributed by atoms with Crippen LogP contribution in [0.2, 0.25) is 0 Å². The Morgan fingerprint density at radius 2 is 1.89 bits per heavy atom. The molecule has 18 heavy (non-hydrogen) atoms. The summed E-state index contributed by atoms with van der Waals surface area (Å²) in [6.07, 6.45) is 3.93. The topological polar surface area (TPSA) is 29.3 Å². The molecule has 0 spiro atoms. The van der Waals surface area contributed by atoms with Gasteiger partial charge in [0, 0.05) is 24.2 Å². The number of likely N-dealkylation sites (tertiary alicyclic amines) is 1. The summed E-state index contributed by atoms with van der Waals surface area (Å²) in [6, 6.07) is 9.53. The average Bonchev–Trinajstić information content (AvgIpc) is 2.34. The minimum absolute atomic E-state index is 0.503. The second-order valence-corrected chi connectivity index (χ2v) is 5.76. The van der Waals surface area contributed by atoms with Crippen LogP contribution in [0.5, 0.6) is 0 Å². The fraction of sp³-hybridized carbons (Fsp3) is 0.533. The Labute approximate surface area is 115 Å². The van der Waals surface area contributed by atoms with Crippen LogP contribution in [0.1, 0.15) is 44.2 Å². The van der Waals surface area contributed by atoms with Crippen LogP contribution in [0, 0.1) is 0 Å². The third-order valence-corrected chi connectivity index (χ3v) is 4.23. The quantitative estimate of drug-likeness (QED) is 0.849. The van der Waals surface area contributed by atoms with Crippen molar-refractivity contribution in [2.24, 2.45) is 5.73 Å². The van der Waals surface area contributed by atoms with Crippen molar-refractivity contribution >= 4 is 17.2 Å². The molecule has 2 rings (SSSR count). The van der Waals surface area contributed by atoms with Crippen LogP contribution in [0.25, 0.3) is 0 Å². The van der Waals surface area contributed by atoms with Crippen molar-refractivity contribution in [2.45, 2.75) is 51.7 Å². The van der Waals surface area contributed by atoms with E-state index >= 15 is 0 Å². The number of hydrogen-bond acceptors (Lipinski definition) is 2. The fourth-order valence-corrected chi connectivity index (χ4v) is 3.08. The second kappa shape index (κ2) is 5.81.